The molecule has 1 N–H and O–H groups in total. The quantitative estimate of drug-likeness (QED) is 0.875. The first-order valence-corrected chi connectivity index (χ1v) is 7.02. The number of likely N-dealkylation sites (N-methyl/N-ethyl adjacent to an activating group) is 1. The van der Waals surface area contributed by atoms with E-state index in [-0.39, 0.29) is 5.91 Å². The Kier molecular flexibility index (Phi) is 5.11. The van der Waals surface area contributed by atoms with Crippen LogP contribution in [0.1, 0.15) is 16.7 Å². The summed E-state index contributed by atoms with van der Waals surface area (Å²) < 4.78 is 1.77. The standard InChI is InChI=1S/C16H22N4O/c1-13-6-4-5-7-15(13)9-17-16(21)12-19(2)10-14-8-18-20(3)11-14/h4-8,11H,9-10,12H2,1-3H3,(H,17,21). The van der Waals surface area contributed by atoms with Crippen LogP contribution >= 0.6 is 0 Å². The minimum Gasteiger partial charge on any atom is -0.351 e. The van der Waals surface area contributed by atoms with Gasteiger partial charge in [-0.05, 0) is 25.1 Å². The summed E-state index contributed by atoms with van der Waals surface area (Å²) in [5.41, 5.74) is 3.45. The second-order valence-electron chi connectivity index (χ2n) is 5.40. The van der Waals surface area contributed by atoms with E-state index in [1.54, 1.807) is 4.68 Å². The molecule has 2 aromatic rings. The maximum Gasteiger partial charge on any atom is 0.234 e. The highest BCUT2D eigenvalue weighted by molar-refractivity contribution is 5.78. The Morgan fingerprint density at radius 3 is 2.81 bits per heavy atom. The molecular weight excluding hydrogens is 264 g/mol. The topological polar surface area (TPSA) is 50.2 Å². The molecule has 0 unspecified atom stereocenters. The van der Waals surface area contributed by atoms with Crippen molar-refractivity contribution in [3.05, 3.63) is 53.3 Å². The van der Waals surface area contributed by atoms with Crippen LogP contribution in [0, 0.1) is 6.92 Å². The number of aryl methyl sites for hydroxylation is 2. The number of hydrogen-bond donors (Lipinski definition) is 1. The van der Waals surface area contributed by atoms with Crippen LogP contribution in [-0.4, -0.2) is 34.2 Å². The molecule has 1 amide bonds. The molecule has 0 saturated carbocycles. The second kappa shape index (κ2) is 7.04. The molecule has 2 rings (SSSR count). The van der Waals surface area contributed by atoms with E-state index < -0.39 is 0 Å². The van der Waals surface area contributed by atoms with Gasteiger partial charge in [-0.25, -0.2) is 0 Å². The fourth-order valence-corrected chi connectivity index (χ4v) is 2.22. The van der Waals surface area contributed by atoms with Crippen LogP contribution in [0.4, 0.5) is 0 Å². The van der Waals surface area contributed by atoms with Crippen molar-refractivity contribution in [2.45, 2.75) is 20.0 Å². The molecule has 0 aliphatic carbocycles. The van der Waals surface area contributed by atoms with Crippen molar-refractivity contribution in [1.82, 2.24) is 20.0 Å². The van der Waals surface area contributed by atoms with E-state index in [1.165, 1.54) is 5.56 Å². The fraction of sp³-hybridized carbons (Fsp3) is 0.375. The number of aromatic nitrogens is 2. The summed E-state index contributed by atoms with van der Waals surface area (Å²) in [4.78, 5) is 13.9. The van der Waals surface area contributed by atoms with Gasteiger partial charge in [-0.1, -0.05) is 24.3 Å². The van der Waals surface area contributed by atoms with E-state index in [0.29, 0.717) is 19.6 Å². The molecule has 0 saturated heterocycles. The third-order valence-corrected chi connectivity index (χ3v) is 3.36. The average Bonchev–Trinajstić information content (AvgIpc) is 2.83. The van der Waals surface area contributed by atoms with E-state index in [2.05, 4.69) is 23.4 Å². The molecule has 0 aliphatic rings. The minimum atomic E-state index is 0.0321. The zero-order valence-corrected chi connectivity index (χ0v) is 12.8. The summed E-state index contributed by atoms with van der Waals surface area (Å²) in [5.74, 6) is 0.0321. The summed E-state index contributed by atoms with van der Waals surface area (Å²) >= 11 is 0. The van der Waals surface area contributed by atoms with Gasteiger partial charge >= 0.3 is 0 Å². The van der Waals surface area contributed by atoms with Gasteiger partial charge in [-0.3, -0.25) is 14.4 Å². The van der Waals surface area contributed by atoms with Gasteiger partial charge in [0.1, 0.15) is 0 Å². The summed E-state index contributed by atoms with van der Waals surface area (Å²) in [5, 5.41) is 7.08. The predicted octanol–water partition coefficient (Wildman–Crippen LogP) is 1.48. The Bertz CT molecular complexity index is 606. The second-order valence-corrected chi connectivity index (χ2v) is 5.40. The molecule has 21 heavy (non-hydrogen) atoms. The Hall–Kier alpha value is -2.14. The van der Waals surface area contributed by atoms with Crippen LogP contribution in [0.2, 0.25) is 0 Å². The van der Waals surface area contributed by atoms with Gasteiger partial charge in [0.25, 0.3) is 0 Å². The van der Waals surface area contributed by atoms with Crippen molar-refractivity contribution >= 4 is 5.91 Å². The highest BCUT2D eigenvalue weighted by Crippen LogP contribution is 2.06. The highest BCUT2D eigenvalue weighted by Gasteiger charge is 2.08. The van der Waals surface area contributed by atoms with Gasteiger partial charge in [-0.2, -0.15) is 5.10 Å². The Morgan fingerprint density at radius 2 is 2.14 bits per heavy atom. The lowest BCUT2D eigenvalue weighted by atomic mass is 10.1. The number of benzene rings is 1. The molecule has 1 aromatic heterocycles. The lowest BCUT2D eigenvalue weighted by Gasteiger charge is -2.15. The van der Waals surface area contributed by atoms with E-state index in [4.69, 9.17) is 0 Å². The monoisotopic (exact) mass is 286 g/mol. The zero-order chi connectivity index (χ0) is 15.2. The number of rotatable bonds is 6. The van der Waals surface area contributed by atoms with Crippen LogP contribution in [0.15, 0.2) is 36.7 Å². The van der Waals surface area contributed by atoms with Gasteiger partial charge in [0, 0.05) is 31.9 Å². The van der Waals surface area contributed by atoms with Gasteiger partial charge in [0.05, 0.1) is 12.7 Å². The van der Waals surface area contributed by atoms with Crippen LogP contribution in [0.25, 0.3) is 0 Å². The smallest absolute Gasteiger partial charge is 0.234 e. The van der Waals surface area contributed by atoms with Gasteiger partial charge < -0.3 is 5.32 Å². The van der Waals surface area contributed by atoms with Crippen molar-refractivity contribution in [2.24, 2.45) is 7.05 Å². The lowest BCUT2D eigenvalue weighted by Crippen LogP contribution is -2.34. The molecule has 1 heterocycles. The largest absolute Gasteiger partial charge is 0.351 e. The van der Waals surface area contributed by atoms with Crippen LogP contribution in [0.3, 0.4) is 0 Å². The summed E-state index contributed by atoms with van der Waals surface area (Å²) in [6.07, 6.45) is 3.78. The molecule has 5 nitrogen and oxygen atoms in total. The number of nitrogens with one attached hydrogen (secondary N) is 1. The summed E-state index contributed by atoms with van der Waals surface area (Å²) in [7, 11) is 3.82. The lowest BCUT2D eigenvalue weighted by molar-refractivity contribution is -0.122. The van der Waals surface area contributed by atoms with E-state index >= 15 is 0 Å². The molecule has 0 spiro atoms. The average molecular weight is 286 g/mol. The van der Waals surface area contributed by atoms with Crippen LogP contribution in [0.5, 0.6) is 0 Å². The number of carbonyl (C=O) groups excluding carboxylic acids is 1. The first-order valence-electron chi connectivity index (χ1n) is 7.02. The molecule has 0 radical (unpaired) electrons. The van der Waals surface area contributed by atoms with E-state index in [0.717, 1.165) is 11.1 Å². The van der Waals surface area contributed by atoms with Crippen LogP contribution in [-0.2, 0) is 24.9 Å². The zero-order valence-electron chi connectivity index (χ0n) is 12.8. The number of carbonyl (C=O) groups is 1. The fourth-order valence-electron chi connectivity index (χ4n) is 2.22. The maximum absolute atomic E-state index is 12.0. The van der Waals surface area contributed by atoms with Gasteiger partial charge in [-0.15, -0.1) is 0 Å². The van der Waals surface area contributed by atoms with Crippen molar-refractivity contribution in [2.75, 3.05) is 13.6 Å². The normalized spacial score (nSPS) is 10.9. The Morgan fingerprint density at radius 1 is 1.38 bits per heavy atom. The first-order chi connectivity index (χ1) is 10.0. The highest BCUT2D eigenvalue weighted by atomic mass is 16.2. The van der Waals surface area contributed by atoms with Crippen LogP contribution < -0.4 is 5.32 Å². The molecule has 0 fully saturated rings. The summed E-state index contributed by atoms with van der Waals surface area (Å²) in [6, 6.07) is 8.08. The molecule has 112 valence electrons. The van der Waals surface area contributed by atoms with E-state index in [1.807, 2.05) is 49.6 Å². The molecular formula is C16H22N4O. The Labute approximate surface area is 125 Å². The molecule has 5 heteroatoms. The van der Waals surface area contributed by atoms with Crippen molar-refractivity contribution in [3.63, 3.8) is 0 Å². The van der Waals surface area contributed by atoms with E-state index in [9.17, 15) is 4.79 Å². The predicted molar refractivity (Wildman–Crippen MR) is 82.6 cm³/mol. The molecule has 0 bridgehead atoms. The SMILES string of the molecule is Cc1ccccc1CNC(=O)CN(C)Cc1cnn(C)c1. The third-order valence-electron chi connectivity index (χ3n) is 3.36. The third kappa shape index (κ3) is 4.72. The molecule has 0 aliphatic heterocycles. The minimum absolute atomic E-state index is 0.0321. The maximum atomic E-state index is 12.0. The summed E-state index contributed by atoms with van der Waals surface area (Å²) in [6.45, 7) is 3.72. The van der Waals surface area contributed by atoms with Gasteiger partial charge in [0.15, 0.2) is 0 Å². The van der Waals surface area contributed by atoms with Crippen molar-refractivity contribution < 1.29 is 4.79 Å². The van der Waals surface area contributed by atoms with Crippen molar-refractivity contribution in [3.8, 4) is 0 Å². The number of amides is 1. The number of hydrogen-bond acceptors (Lipinski definition) is 3. The Balaban J connectivity index is 1.77. The number of nitrogens with zero attached hydrogens (tertiary/aromatic N) is 3. The molecule has 0 atom stereocenters. The van der Waals surface area contributed by atoms with Crippen molar-refractivity contribution in [1.29, 1.82) is 0 Å². The van der Waals surface area contributed by atoms with Gasteiger partial charge in [0.2, 0.25) is 5.91 Å². The first kappa shape index (κ1) is 15.3. The molecule has 1 aromatic carbocycles.